The zero-order valence-electron chi connectivity index (χ0n) is 22.3. The normalized spacial score (nSPS) is 16.5. The van der Waals surface area contributed by atoms with Gasteiger partial charge in [-0.15, -0.1) is 0 Å². The molecule has 1 aliphatic rings. The number of esters is 1. The molecule has 3 heterocycles. The molecule has 2 aromatic carbocycles. The number of nitrogens with zero attached hydrogens (tertiary/aromatic N) is 3. The highest BCUT2D eigenvalue weighted by molar-refractivity contribution is 7.80. The maximum absolute atomic E-state index is 12.1. The summed E-state index contributed by atoms with van der Waals surface area (Å²) in [6.07, 6.45) is 3.75. The van der Waals surface area contributed by atoms with Crippen LogP contribution in [0.3, 0.4) is 0 Å². The van der Waals surface area contributed by atoms with Gasteiger partial charge in [0.05, 0.1) is 24.4 Å². The van der Waals surface area contributed by atoms with Gasteiger partial charge in [-0.2, -0.15) is 0 Å². The van der Waals surface area contributed by atoms with Crippen molar-refractivity contribution in [2.24, 2.45) is 0 Å². The number of nitrogens with one attached hydrogen (secondary N) is 2. The second-order valence-electron chi connectivity index (χ2n) is 9.32. The molecule has 0 radical (unpaired) electrons. The van der Waals surface area contributed by atoms with Crippen LogP contribution in [0.4, 0.5) is 11.4 Å². The van der Waals surface area contributed by atoms with Gasteiger partial charge in [0, 0.05) is 42.3 Å². The van der Waals surface area contributed by atoms with Gasteiger partial charge in [-0.25, -0.2) is 4.79 Å². The Bertz CT molecular complexity index is 1540. The Hall–Kier alpha value is -4.54. The third-order valence-electron chi connectivity index (χ3n) is 6.79. The van der Waals surface area contributed by atoms with Crippen LogP contribution in [-0.4, -0.2) is 47.4 Å². The molecule has 0 spiro atoms. The van der Waals surface area contributed by atoms with Gasteiger partial charge in [-0.05, 0) is 91.4 Å². The molecule has 9 nitrogen and oxygen atoms in total. The summed E-state index contributed by atoms with van der Waals surface area (Å²) in [4.78, 5) is 30.8. The summed E-state index contributed by atoms with van der Waals surface area (Å²) < 4.78 is 11.9. The number of aromatic nitrogens is 2. The fourth-order valence-corrected chi connectivity index (χ4v) is 5.28. The standard InChI is InChI=1S/C30H29N5O4S/c1-19-17-22(13-14-23(19)32-26(36)18-38-2)35-28(27(33-30(35)40)24-7-4-5-15-31-24)25-8-6-16-34(25)21-11-9-20(10-12-21)29(37)39-3/h4-17,27-28H,18H2,1-3H3,(H,32,36)(H,33,40)/t27-,28-/m0/s1. The lowest BCUT2D eigenvalue weighted by molar-refractivity contribution is -0.119. The number of anilines is 2. The molecule has 0 bridgehead atoms. The van der Waals surface area contributed by atoms with Crippen LogP contribution in [0.1, 0.15) is 39.4 Å². The minimum absolute atomic E-state index is 0.0211. The number of benzene rings is 2. The molecule has 0 saturated carbocycles. The van der Waals surface area contributed by atoms with Crippen LogP contribution in [0.25, 0.3) is 5.69 Å². The number of methoxy groups -OCH3 is 2. The van der Waals surface area contributed by atoms with Crippen LogP contribution in [-0.2, 0) is 14.3 Å². The largest absolute Gasteiger partial charge is 0.465 e. The van der Waals surface area contributed by atoms with Crippen molar-refractivity contribution in [3.63, 3.8) is 0 Å². The van der Waals surface area contributed by atoms with Crippen LogP contribution < -0.4 is 15.5 Å². The molecule has 0 unspecified atom stereocenters. The zero-order chi connectivity index (χ0) is 28.2. The Balaban J connectivity index is 1.57. The molecule has 1 saturated heterocycles. The predicted octanol–water partition coefficient (Wildman–Crippen LogP) is 4.73. The predicted molar refractivity (Wildman–Crippen MR) is 157 cm³/mol. The van der Waals surface area contributed by atoms with Crippen molar-refractivity contribution in [2.75, 3.05) is 31.0 Å². The quantitative estimate of drug-likeness (QED) is 0.238. The average Bonchev–Trinajstić information content (AvgIpc) is 3.58. The van der Waals surface area contributed by atoms with Gasteiger partial charge >= 0.3 is 5.97 Å². The molecule has 4 aromatic rings. The van der Waals surface area contributed by atoms with Gasteiger partial charge in [-0.3, -0.25) is 9.78 Å². The Morgan fingerprint density at radius 3 is 2.48 bits per heavy atom. The van der Waals surface area contributed by atoms with E-state index in [1.807, 2.05) is 67.7 Å². The molecule has 2 aromatic heterocycles. The van der Waals surface area contributed by atoms with Crippen molar-refractivity contribution in [1.29, 1.82) is 0 Å². The number of rotatable bonds is 8. The van der Waals surface area contributed by atoms with E-state index in [0.717, 1.165) is 28.3 Å². The van der Waals surface area contributed by atoms with E-state index in [1.54, 1.807) is 18.3 Å². The van der Waals surface area contributed by atoms with Crippen LogP contribution in [0, 0.1) is 6.92 Å². The summed E-state index contributed by atoms with van der Waals surface area (Å²) in [5.41, 5.74) is 5.66. The number of carbonyl (C=O) groups is 2. The molecular weight excluding hydrogens is 526 g/mol. The van der Waals surface area contributed by atoms with E-state index in [4.69, 9.17) is 21.7 Å². The lowest BCUT2D eigenvalue weighted by atomic mass is 10.00. The molecule has 1 fully saturated rings. The fourth-order valence-electron chi connectivity index (χ4n) is 4.93. The number of carbonyl (C=O) groups excluding carboxylic acids is 2. The van der Waals surface area contributed by atoms with Gasteiger partial charge in [0.25, 0.3) is 0 Å². The van der Waals surface area contributed by atoms with E-state index >= 15 is 0 Å². The summed E-state index contributed by atoms with van der Waals surface area (Å²) in [5.74, 6) is -0.607. The van der Waals surface area contributed by atoms with Crippen LogP contribution in [0.2, 0.25) is 0 Å². The number of amides is 1. The maximum Gasteiger partial charge on any atom is 0.337 e. The van der Waals surface area contributed by atoms with Gasteiger partial charge < -0.3 is 29.6 Å². The van der Waals surface area contributed by atoms with E-state index in [1.165, 1.54) is 14.2 Å². The zero-order valence-corrected chi connectivity index (χ0v) is 23.1. The molecule has 2 atom stereocenters. The summed E-state index contributed by atoms with van der Waals surface area (Å²) in [6, 6.07) is 22.5. The number of hydrogen-bond donors (Lipinski definition) is 2. The van der Waals surface area contributed by atoms with Crippen molar-refractivity contribution < 1.29 is 19.1 Å². The third-order valence-corrected chi connectivity index (χ3v) is 7.10. The van der Waals surface area contributed by atoms with Crippen molar-refractivity contribution >= 4 is 40.6 Å². The SMILES string of the molecule is COCC(=O)Nc1ccc(N2C(=S)N[C@@H](c3ccccn3)[C@@H]2c2cccn2-c2ccc(C(=O)OC)cc2)cc1C. The highest BCUT2D eigenvalue weighted by Crippen LogP contribution is 2.42. The molecule has 204 valence electrons. The smallest absolute Gasteiger partial charge is 0.337 e. The van der Waals surface area contributed by atoms with Crippen LogP contribution >= 0.6 is 12.2 Å². The summed E-state index contributed by atoms with van der Waals surface area (Å²) in [6.45, 7) is 1.92. The second kappa shape index (κ2) is 11.7. The Kier molecular flexibility index (Phi) is 7.90. The summed E-state index contributed by atoms with van der Waals surface area (Å²) >= 11 is 5.89. The minimum atomic E-state index is -0.386. The van der Waals surface area contributed by atoms with Crippen LogP contribution in [0.5, 0.6) is 0 Å². The minimum Gasteiger partial charge on any atom is -0.465 e. The Labute approximate surface area is 237 Å². The molecule has 0 aliphatic carbocycles. The highest BCUT2D eigenvalue weighted by atomic mass is 32.1. The first-order valence-electron chi connectivity index (χ1n) is 12.7. The van der Waals surface area contributed by atoms with Crippen molar-refractivity contribution in [3.05, 3.63) is 108 Å². The van der Waals surface area contributed by atoms with Crippen LogP contribution in [0.15, 0.2) is 85.2 Å². The molecule has 2 N–H and O–H groups in total. The number of ether oxygens (including phenoxy) is 2. The Morgan fingerprint density at radius 1 is 1.02 bits per heavy atom. The van der Waals surface area contributed by atoms with E-state index in [0.29, 0.717) is 16.4 Å². The van der Waals surface area contributed by atoms with Gasteiger partial charge in [0.2, 0.25) is 5.91 Å². The molecule has 1 amide bonds. The first kappa shape index (κ1) is 27.0. The average molecular weight is 556 g/mol. The van der Waals surface area contributed by atoms with Gasteiger partial charge in [0.15, 0.2) is 5.11 Å². The summed E-state index contributed by atoms with van der Waals surface area (Å²) in [7, 11) is 2.85. The monoisotopic (exact) mass is 555 g/mol. The Morgan fingerprint density at radius 2 is 1.80 bits per heavy atom. The van der Waals surface area contributed by atoms with E-state index < -0.39 is 0 Å². The topological polar surface area (TPSA) is 97.7 Å². The van der Waals surface area contributed by atoms with Gasteiger partial charge in [0.1, 0.15) is 12.6 Å². The van der Waals surface area contributed by atoms with E-state index in [-0.39, 0.29) is 30.6 Å². The fraction of sp³-hybridized carbons (Fsp3) is 0.200. The number of hydrogen-bond acceptors (Lipinski definition) is 6. The van der Waals surface area contributed by atoms with Crippen molar-refractivity contribution in [2.45, 2.75) is 19.0 Å². The number of aryl methyl sites for hydroxylation is 1. The third kappa shape index (κ3) is 5.31. The molecule has 10 heteroatoms. The molecule has 1 aliphatic heterocycles. The number of pyridine rings is 1. The lowest BCUT2D eigenvalue weighted by Crippen LogP contribution is -2.30. The van der Waals surface area contributed by atoms with E-state index in [9.17, 15) is 9.59 Å². The maximum atomic E-state index is 12.1. The van der Waals surface area contributed by atoms with Crippen molar-refractivity contribution in [3.8, 4) is 5.69 Å². The molecule has 40 heavy (non-hydrogen) atoms. The van der Waals surface area contributed by atoms with Gasteiger partial charge in [-0.1, -0.05) is 6.07 Å². The molecular formula is C30H29N5O4S. The highest BCUT2D eigenvalue weighted by Gasteiger charge is 2.42. The second-order valence-corrected chi connectivity index (χ2v) is 9.71. The summed E-state index contributed by atoms with van der Waals surface area (Å²) in [5, 5.41) is 6.93. The van der Waals surface area contributed by atoms with Crippen molar-refractivity contribution in [1.82, 2.24) is 14.9 Å². The first-order valence-corrected chi connectivity index (χ1v) is 13.1. The van der Waals surface area contributed by atoms with E-state index in [2.05, 4.69) is 31.2 Å². The first-order chi connectivity index (χ1) is 19.4. The lowest BCUT2D eigenvalue weighted by Gasteiger charge is -2.29. The number of thiocarbonyl (C=S) groups is 1. The molecule has 5 rings (SSSR count).